The van der Waals surface area contributed by atoms with Crippen molar-refractivity contribution in [2.24, 2.45) is 0 Å². The standard InChI is InChI=1S/C15H25Br2NS/c1-3-5-6-7-8-9-13(18-10-4-2)12-11-14(16)19-15(12)17/h11,13,18H,3-10H2,1-2H3. The lowest BCUT2D eigenvalue weighted by Crippen LogP contribution is -2.22. The maximum Gasteiger partial charge on any atom is 0.0758 e. The molecular formula is C15H25Br2NS. The second-order valence-corrected chi connectivity index (χ2v) is 8.74. The van der Waals surface area contributed by atoms with Gasteiger partial charge in [-0.15, -0.1) is 11.3 Å². The van der Waals surface area contributed by atoms with Gasteiger partial charge in [-0.1, -0.05) is 46.0 Å². The summed E-state index contributed by atoms with van der Waals surface area (Å²) in [6.45, 7) is 5.59. The maximum absolute atomic E-state index is 3.69. The molecule has 0 aliphatic rings. The summed E-state index contributed by atoms with van der Waals surface area (Å²) in [7, 11) is 0. The molecule has 1 heterocycles. The summed E-state index contributed by atoms with van der Waals surface area (Å²) in [5.74, 6) is 0. The highest BCUT2D eigenvalue weighted by Gasteiger charge is 2.16. The van der Waals surface area contributed by atoms with Crippen LogP contribution in [0.2, 0.25) is 0 Å². The number of hydrogen-bond acceptors (Lipinski definition) is 2. The highest BCUT2D eigenvalue weighted by Crippen LogP contribution is 2.37. The lowest BCUT2D eigenvalue weighted by Gasteiger charge is -2.18. The van der Waals surface area contributed by atoms with Crippen LogP contribution in [0, 0.1) is 0 Å². The predicted octanol–water partition coefficient (Wildman–Crippen LogP) is 6.67. The molecule has 0 aromatic carbocycles. The van der Waals surface area contributed by atoms with E-state index in [1.807, 2.05) is 0 Å². The van der Waals surface area contributed by atoms with Gasteiger partial charge in [0.2, 0.25) is 0 Å². The molecule has 110 valence electrons. The summed E-state index contributed by atoms with van der Waals surface area (Å²) in [4.78, 5) is 0. The van der Waals surface area contributed by atoms with Gasteiger partial charge in [0.1, 0.15) is 0 Å². The average molecular weight is 411 g/mol. The van der Waals surface area contributed by atoms with Crippen molar-refractivity contribution in [3.63, 3.8) is 0 Å². The second kappa shape index (κ2) is 10.4. The summed E-state index contributed by atoms with van der Waals surface area (Å²) >= 11 is 9.05. The fourth-order valence-electron chi connectivity index (χ4n) is 2.23. The normalized spacial score (nSPS) is 12.8. The van der Waals surface area contributed by atoms with E-state index < -0.39 is 0 Å². The van der Waals surface area contributed by atoms with E-state index in [0.717, 1.165) is 6.54 Å². The molecule has 1 aromatic heterocycles. The molecular weight excluding hydrogens is 386 g/mol. The Morgan fingerprint density at radius 2 is 1.84 bits per heavy atom. The van der Waals surface area contributed by atoms with Gasteiger partial charge in [0.25, 0.3) is 0 Å². The molecule has 0 fully saturated rings. The molecule has 4 heteroatoms. The lowest BCUT2D eigenvalue weighted by molar-refractivity contribution is 0.468. The third-order valence-corrected chi connectivity index (χ3v) is 5.68. The number of thiophene rings is 1. The molecule has 0 aliphatic heterocycles. The molecule has 1 atom stereocenters. The molecule has 1 N–H and O–H groups in total. The van der Waals surface area contributed by atoms with Crippen molar-refractivity contribution in [3.05, 3.63) is 19.2 Å². The van der Waals surface area contributed by atoms with Gasteiger partial charge in [0.15, 0.2) is 0 Å². The van der Waals surface area contributed by atoms with E-state index >= 15 is 0 Å². The summed E-state index contributed by atoms with van der Waals surface area (Å²) in [5.41, 5.74) is 1.42. The van der Waals surface area contributed by atoms with Crippen LogP contribution in [0.5, 0.6) is 0 Å². The van der Waals surface area contributed by atoms with E-state index in [9.17, 15) is 0 Å². The van der Waals surface area contributed by atoms with E-state index in [1.165, 1.54) is 58.1 Å². The van der Waals surface area contributed by atoms with Gasteiger partial charge in [0.05, 0.1) is 7.57 Å². The molecule has 1 nitrogen and oxygen atoms in total. The van der Waals surface area contributed by atoms with Crippen molar-refractivity contribution in [3.8, 4) is 0 Å². The highest BCUT2D eigenvalue weighted by molar-refractivity contribution is 9.12. The minimum atomic E-state index is 0.499. The molecule has 0 saturated heterocycles. The Balaban J connectivity index is 2.49. The first-order valence-corrected chi connectivity index (χ1v) is 9.77. The topological polar surface area (TPSA) is 12.0 Å². The van der Waals surface area contributed by atoms with Crippen molar-refractivity contribution < 1.29 is 0 Å². The van der Waals surface area contributed by atoms with Gasteiger partial charge >= 0.3 is 0 Å². The number of hydrogen-bond donors (Lipinski definition) is 1. The van der Waals surface area contributed by atoms with Crippen LogP contribution in [0.25, 0.3) is 0 Å². The van der Waals surface area contributed by atoms with Crippen molar-refractivity contribution >= 4 is 43.2 Å². The molecule has 0 radical (unpaired) electrons. The zero-order chi connectivity index (χ0) is 14.1. The molecule has 0 spiro atoms. The Labute approximate surface area is 138 Å². The van der Waals surface area contributed by atoms with Gasteiger partial charge in [0, 0.05) is 6.04 Å². The Morgan fingerprint density at radius 3 is 2.42 bits per heavy atom. The van der Waals surface area contributed by atoms with E-state index in [0.29, 0.717) is 6.04 Å². The first kappa shape index (κ1) is 17.7. The van der Waals surface area contributed by atoms with E-state index in [-0.39, 0.29) is 0 Å². The molecule has 0 amide bonds. The minimum Gasteiger partial charge on any atom is -0.310 e. The van der Waals surface area contributed by atoms with Crippen molar-refractivity contribution in [1.29, 1.82) is 0 Å². The number of nitrogens with one attached hydrogen (secondary N) is 1. The fourth-order valence-corrected chi connectivity index (χ4v) is 5.20. The first-order valence-electron chi connectivity index (χ1n) is 7.37. The van der Waals surface area contributed by atoms with Crippen LogP contribution >= 0.6 is 43.2 Å². The maximum atomic E-state index is 3.69. The number of rotatable bonds is 10. The summed E-state index contributed by atoms with van der Waals surface area (Å²) < 4.78 is 2.48. The van der Waals surface area contributed by atoms with E-state index in [1.54, 1.807) is 11.3 Å². The second-order valence-electron chi connectivity index (χ2n) is 4.99. The van der Waals surface area contributed by atoms with Crippen LogP contribution in [0.4, 0.5) is 0 Å². The molecule has 1 unspecified atom stereocenters. The quantitative estimate of drug-likeness (QED) is 0.424. The third-order valence-electron chi connectivity index (χ3n) is 3.30. The zero-order valence-corrected chi connectivity index (χ0v) is 16.0. The van der Waals surface area contributed by atoms with Crippen LogP contribution in [0.3, 0.4) is 0 Å². The number of halogens is 2. The van der Waals surface area contributed by atoms with Crippen LogP contribution in [-0.2, 0) is 0 Å². The van der Waals surface area contributed by atoms with Gasteiger partial charge in [-0.3, -0.25) is 0 Å². The van der Waals surface area contributed by atoms with Crippen LogP contribution in [-0.4, -0.2) is 6.54 Å². The Hall–Kier alpha value is 0.620. The molecule has 0 bridgehead atoms. The largest absolute Gasteiger partial charge is 0.310 e. The molecule has 0 aliphatic carbocycles. The zero-order valence-electron chi connectivity index (χ0n) is 12.0. The lowest BCUT2D eigenvalue weighted by atomic mass is 10.0. The average Bonchev–Trinajstić information content (AvgIpc) is 2.72. The van der Waals surface area contributed by atoms with Gasteiger partial charge < -0.3 is 5.32 Å². The smallest absolute Gasteiger partial charge is 0.0758 e. The molecule has 0 saturated carbocycles. The Kier molecular flexibility index (Phi) is 9.64. The van der Waals surface area contributed by atoms with Gasteiger partial charge in [-0.25, -0.2) is 0 Å². The first-order chi connectivity index (χ1) is 9.19. The summed E-state index contributed by atoms with van der Waals surface area (Å²) in [5, 5.41) is 3.69. The van der Waals surface area contributed by atoms with Crippen LogP contribution in [0.1, 0.15) is 70.4 Å². The Bertz CT molecular complexity index is 352. The third kappa shape index (κ3) is 6.74. The summed E-state index contributed by atoms with van der Waals surface area (Å²) in [6.07, 6.45) is 9.19. The van der Waals surface area contributed by atoms with Crippen LogP contribution < -0.4 is 5.32 Å². The van der Waals surface area contributed by atoms with Gasteiger partial charge in [-0.2, -0.15) is 0 Å². The van der Waals surface area contributed by atoms with E-state index in [4.69, 9.17) is 0 Å². The van der Waals surface area contributed by atoms with Crippen molar-refractivity contribution in [2.45, 2.75) is 64.8 Å². The van der Waals surface area contributed by atoms with E-state index in [2.05, 4.69) is 57.1 Å². The SMILES string of the molecule is CCCCCCCC(NCCC)c1cc(Br)sc1Br. The predicted molar refractivity (Wildman–Crippen MR) is 94.1 cm³/mol. The van der Waals surface area contributed by atoms with Crippen molar-refractivity contribution in [1.82, 2.24) is 5.32 Å². The fraction of sp³-hybridized carbons (Fsp3) is 0.733. The summed E-state index contributed by atoms with van der Waals surface area (Å²) in [6, 6.07) is 2.76. The van der Waals surface area contributed by atoms with Gasteiger partial charge in [-0.05, 0) is 62.9 Å². The number of unbranched alkanes of at least 4 members (excludes halogenated alkanes) is 4. The van der Waals surface area contributed by atoms with Crippen LogP contribution in [0.15, 0.2) is 13.6 Å². The minimum absolute atomic E-state index is 0.499. The highest BCUT2D eigenvalue weighted by atomic mass is 79.9. The monoisotopic (exact) mass is 409 g/mol. The molecule has 19 heavy (non-hydrogen) atoms. The molecule has 1 rings (SSSR count). The molecule has 1 aromatic rings. The Morgan fingerprint density at radius 1 is 1.11 bits per heavy atom. The van der Waals surface area contributed by atoms with Crippen molar-refractivity contribution in [2.75, 3.05) is 6.54 Å².